The van der Waals surface area contributed by atoms with Gasteiger partial charge in [-0.05, 0) is 12.8 Å². The van der Waals surface area contributed by atoms with Gasteiger partial charge >= 0.3 is 0 Å². The molecule has 0 spiro atoms. The first-order valence-electron chi connectivity index (χ1n) is 9.41. The lowest BCUT2D eigenvalue weighted by Crippen LogP contribution is -2.57. The molecule has 0 fully saturated rings. The van der Waals surface area contributed by atoms with Gasteiger partial charge in [0.2, 0.25) is 0 Å². The van der Waals surface area contributed by atoms with Gasteiger partial charge in [-0.3, -0.25) is 0 Å². The van der Waals surface area contributed by atoms with E-state index < -0.39 is 42.9 Å². The summed E-state index contributed by atoms with van der Waals surface area (Å²) in [5, 5.41) is 59.9. The highest BCUT2D eigenvalue weighted by Crippen LogP contribution is 2.38. The number of hydrogen-bond acceptors (Lipinski definition) is 7. The van der Waals surface area contributed by atoms with E-state index in [1.54, 1.807) is 0 Å². The number of unbranched alkanes of at least 4 members (excludes halogenated alkanes) is 2. The largest absolute Gasteiger partial charge is 0.394 e. The minimum absolute atomic E-state index is 0.0216. The third kappa shape index (κ3) is 7.86. The van der Waals surface area contributed by atoms with Gasteiger partial charge in [0.05, 0.1) is 50.8 Å². The molecule has 7 heteroatoms. The van der Waals surface area contributed by atoms with Crippen molar-refractivity contribution < 1.29 is 35.4 Å². The van der Waals surface area contributed by atoms with E-state index >= 15 is 0 Å². The summed E-state index contributed by atoms with van der Waals surface area (Å²) >= 11 is 0. The summed E-state index contributed by atoms with van der Waals surface area (Å²) in [7, 11) is 0. The van der Waals surface area contributed by atoms with Crippen molar-refractivity contribution in [3.05, 3.63) is 0 Å². The maximum Gasteiger partial charge on any atom is 0.0986 e. The van der Waals surface area contributed by atoms with Crippen LogP contribution in [-0.2, 0) is 4.74 Å². The molecule has 0 saturated heterocycles. The fraction of sp³-hybridized carbons (Fsp3) is 1.00. The van der Waals surface area contributed by atoms with Crippen molar-refractivity contribution in [2.45, 2.75) is 70.2 Å². The summed E-state index contributed by atoms with van der Waals surface area (Å²) in [5.74, 6) is -1.42. The molecule has 7 nitrogen and oxygen atoms in total. The maximum absolute atomic E-state index is 11.5. The SMILES string of the molecule is CCCCC(C(O)CO)C(O)(COCCO)C(CCCC)C(O)CO. The van der Waals surface area contributed by atoms with Gasteiger partial charge in [-0.2, -0.15) is 0 Å². The molecule has 0 bridgehead atoms. The zero-order chi connectivity index (χ0) is 19.3. The van der Waals surface area contributed by atoms with E-state index in [0.29, 0.717) is 12.8 Å². The topological polar surface area (TPSA) is 131 Å². The van der Waals surface area contributed by atoms with Crippen molar-refractivity contribution in [1.82, 2.24) is 0 Å². The van der Waals surface area contributed by atoms with Gasteiger partial charge in [-0.1, -0.05) is 39.5 Å². The number of ether oxygens (including phenoxy) is 1. The van der Waals surface area contributed by atoms with Crippen LogP contribution in [-0.4, -0.2) is 81.5 Å². The molecule has 0 aliphatic rings. The van der Waals surface area contributed by atoms with Gasteiger partial charge in [0, 0.05) is 11.8 Å². The first-order chi connectivity index (χ1) is 11.9. The van der Waals surface area contributed by atoms with Crippen LogP contribution < -0.4 is 0 Å². The van der Waals surface area contributed by atoms with Crippen molar-refractivity contribution in [3.63, 3.8) is 0 Å². The Morgan fingerprint density at radius 3 is 1.60 bits per heavy atom. The first kappa shape index (κ1) is 24.7. The number of aliphatic hydroxyl groups excluding tert-OH is 5. The smallest absolute Gasteiger partial charge is 0.0986 e. The Bertz CT molecular complexity index is 292. The second-order valence-corrected chi connectivity index (χ2v) is 6.76. The molecular formula is C18H38O7. The van der Waals surface area contributed by atoms with Gasteiger partial charge in [-0.15, -0.1) is 0 Å². The van der Waals surface area contributed by atoms with Crippen LogP contribution >= 0.6 is 0 Å². The van der Waals surface area contributed by atoms with Crippen LogP contribution in [0.5, 0.6) is 0 Å². The van der Waals surface area contributed by atoms with Crippen molar-refractivity contribution in [2.24, 2.45) is 11.8 Å². The highest BCUT2D eigenvalue weighted by molar-refractivity contribution is 4.98. The Balaban J connectivity index is 5.69. The van der Waals surface area contributed by atoms with E-state index in [2.05, 4.69) is 0 Å². The van der Waals surface area contributed by atoms with Crippen molar-refractivity contribution in [3.8, 4) is 0 Å². The highest BCUT2D eigenvalue weighted by Gasteiger charge is 2.48. The molecule has 0 amide bonds. The third-order valence-corrected chi connectivity index (χ3v) is 4.89. The normalized spacial score (nSPS) is 19.2. The highest BCUT2D eigenvalue weighted by atomic mass is 16.5. The van der Waals surface area contributed by atoms with Gasteiger partial charge in [0.15, 0.2) is 0 Å². The summed E-state index contributed by atoms with van der Waals surface area (Å²) in [6.07, 6.45) is 1.76. The second-order valence-electron chi connectivity index (χ2n) is 6.76. The minimum atomic E-state index is -1.62. The molecule has 0 aliphatic heterocycles. The van der Waals surface area contributed by atoms with E-state index in [0.717, 1.165) is 25.7 Å². The first-order valence-corrected chi connectivity index (χ1v) is 9.41. The van der Waals surface area contributed by atoms with Crippen LogP contribution in [0, 0.1) is 11.8 Å². The maximum atomic E-state index is 11.5. The number of rotatable bonds is 16. The summed E-state index contributed by atoms with van der Waals surface area (Å²) in [6, 6.07) is 0. The molecule has 0 aliphatic carbocycles. The van der Waals surface area contributed by atoms with E-state index in [4.69, 9.17) is 9.84 Å². The van der Waals surface area contributed by atoms with Crippen molar-refractivity contribution in [2.75, 3.05) is 33.0 Å². The zero-order valence-corrected chi connectivity index (χ0v) is 15.7. The lowest BCUT2D eigenvalue weighted by Gasteiger charge is -2.45. The second kappa shape index (κ2) is 13.9. The predicted molar refractivity (Wildman–Crippen MR) is 95.1 cm³/mol. The lowest BCUT2D eigenvalue weighted by molar-refractivity contribution is -0.185. The fourth-order valence-corrected chi connectivity index (χ4v) is 3.44. The molecular weight excluding hydrogens is 328 g/mol. The zero-order valence-electron chi connectivity index (χ0n) is 15.7. The lowest BCUT2D eigenvalue weighted by atomic mass is 9.69. The molecule has 6 N–H and O–H groups in total. The Labute approximate surface area is 151 Å². The summed E-state index contributed by atoms with van der Waals surface area (Å²) in [5.41, 5.74) is -1.62. The van der Waals surface area contributed by atoms with Crippen LogP contribution in [0.3, 0.4) is 0 Å². The Hall–Kier alpha value is -0.280. The minimum Gasteiger partial charge on any atom is -0.394 e. The van der Waals surface area contributed by atoms with Gasteiger partial charge in [-0.25, -0.2) is 0 Å². The molecule has 0 heterocycles. The quantitative estimate of drug-likeness (QED) is 0.213. The van der Waals surface area contributed by atoms with Crippen LogP contribution in [0.2, 0.25) is 0 Å². The molecule has 4 atom stereocenters. The third-order valence-electron chi connectivity index (χ3n) is 4.89. The van der Waals surface area contributed by atoms with Gasteiger partial charge < -0.3 is 35.4 Å². The molecule has 0 saturated carbocycles. The van der Waals surface area contributed by atoms with Crippen LogP contribution in [0.4, 0.5) is 0 Å². The predicted octanol–water partition coefficient (Wildman–Crippen LogP) is 0.0456. The molecule has 0 rings (SSSR count). The number of aliphatic hydroxyl groups is 6. The molecule has 0 aromatic rings. The molecule has 0 aromatic carbocycles. The Morgan fingerprint density at radius 2 is 1.28 bits per heavy atom. The molecule has 4 unspecified atom stereocenters. The van der Waals surface area contributed by atoms with Crippen LogP contribution in [0.25, 0.3) is 0 Å². The fourth-order valence-electron chi connectivity index (χ4n) is 3.44. The summed E-state index contributed by atoms with van der Waals surface area (Å²) in [4.78, 5) is 0. The van der Waals surface area contributed by atoms with Crippen LogP contribution in [0.1, 0.15) is 52.4 Å². The molecule has 25 heavy (non-hydrogen) atoms. The average Bonchev–Trinajstić information content (AvgIpc) is 2.61. The Kier molecular flexibility index (Phi) is 13.7. The molecule has 0 radical (unpaired) electrons. The molecule has 0 aromatic heterocycles. The Morgan fingerprint density at radius 1 is 0.840 bits per heavy atom. The van der Waals surface area contributed by atoms with Crippen molar-refractivity contribution >= 4 is 0 Å². The van der Waals surface area contributed by atoms with Gasteiger partial charge in [0.1, 0.15) is 0 Å². The van der Waals surface area contributed by atoms with Crippen LogP contribution in [0.15, 0.2) is 0 Å². The summed E-state index contributed by atoms with van der Waals surface area (Å²) < 4.78 is 5.37. The van der Waals surface area contributed by atoms with Crippen molar-refractivity contribution in [1.29, 1.82) is 0 Å². The molecule has 152 valence electrons. The standard InChI is InChI=1S/C18H38O7/c1-3-5-7-14(16(22)11-20)18(24,13-25-10-9-19)15(8-6-4-2)17(23)12-21/h14-17,19-24H,3-13H2,1-2H3. The van der Waals surface area contributed by atoms with E-state index in [1.807, 2.05) is 13.8 Å². The summed E-state index contributed by atoms with van der Waals surface area (Å²) in [6.45, 7) is 2.58. The van der Waals surface area contributed by atoms with E-state index in [9.17, 15) is 25.5 Å². The monoisotopic (exact) mass is 366 g/mol. The van der Waals surface area contributed by atoms with E-state index in [1.165, 1.54) is 0 Å². The van der Waals surface area contributed by atoms with E-state index in [-0.39, 0.29) is 19.8 Å². The average molecular weight is 366 g/mol. The number of hydrogen-bond donors (Lipinski definition) is 6. The van der Waals surface area contributed by atoms with Gasteiger partial charge in [0.25, 0.3) is 0 Å².